The van der Waals surface area contributed by atoms with E-state index in [2.05, 4.69) is 16.0 Å². The third-order valence-electron chi connectivity index (χ3n) is 6.73. The van der Waals surface area contributed by atoms with Gasteiger partial charge in [0.25, 0.3) is 0 Å². The van der Waals surface area contributed by atoms with Gasteiger partial charge in [0.1, 0.15) is 36.1 Å². The third kappa shape index (κ3) is 8.54. The molecule has 0 saturated carbocycles. The molecule has 4 rings (SSSR count). The van der Waals surface area contributed by atoms with E-state index in [1.807, 2.05) is 33.8 Å². The maximum absolute atomic E-state index is 13.8. The standard InChI is InChI=1S/C30H39N3O7/c1-17(2)14-24(34)28(36)33-25-26(18(3)4)40-21-12-10-20(11-13-21)16-23(30(38)39)32-27(35)22(31-29(25)37)15-19-8-6-5-7-9-19/h5-13,17-18,22-26,34H,14-16H2,1-4H3,(H,31,37)(H,32,35)(H,33,36)(H,38,39). The second-order valence-corrected chi connectivity index (χ2v) is 11.0. The first-order valence-electron chi connectivity index (χ1n) is 13.6. The van der Waals surface area contributed by atoms with Gasteiger partial charge in [-0.1, -0.05) is 70.2 Å². The molecular weight excluding hydrogens is 514 g/mol. The molecule has 2 aromatic rings. The molecule has 5 N–H and O–H groups in total. The second kappa shape index (κ2) is 13.9. The summed E-state index contributed by atoms with van der Waals surface area (Å²) in [7, 11) is 0. The van der Waals surface area contributed by atoms with Crippen LogP contribution in [0.5, 0.6) is 5.75 Å². The highest BCUT2D eigenvalue weighted by atomic mass is 16.5. The Morgan fingerprint density at radius 1 is 0.975 bits per heavy atom. The van der Waals surface area contributed by atoms with Crippen molar-refractivity contribution >= 4 is 23.7 Å². The van der Waals surface area contributed by atoms with Gasteiger partial charge < -0.3 is 30.9 Å². The molecule has 2 bridgehead atoms. The van der Waals surface area contributed by atoms with Crippen LogP contribution in [-0.2, 0) is 32.0 Å². The molecule has 10 heteroatoms. The lowest BCUT2D eigenvalue weighted by Crippen LogP contribution is -2.62. The maximum atomic E-state index is 13.8. The normalized spacial score (nSPS) is 22.6. The van der Waals surface area contributed by atoms with E-state index in [0.29, 0.717) is 11.3 Å². The number of rotatable bonds is 8. The number of carbonyl (C=O) groups is 4. The zero-order chi connectivity index (χ0) is 29.4. The fraction of sp³-hybridized carbons (Fsp3) is 0.467. The number of fused-ring (bicyclic) bond motifs is 11. The first kappa shape index (κ1) is 30.6. The van der Waals surface area contributed by atoms with Crippen molar-refractivity contribution in [2.45, 2.75) is 77.3 Å². The van der Waals surface area contributed by atoms with E-state index < -0.39 is 54.0 Å². The summed E-state index contributed by atoms with van der Waals surface area (Å²) < 4.78 is 6.20. The van der Waals surface area contributed by atoms with Crippen LogP contribution in [0.25, 0.3) is 0 Å². The molecule has 10 nitrogen and oxygen atoms in total. The molecule has 40 heavy (non-hydrogen) atoms. The van der Waals surface area contributed by atoms with Crippen LogP contribution in [0.1, 0.15) is 45.2 Å². The molecule has 216 valence electrons. The van der Waals surface area contributed by atoms with E-state index in [4.69, 9.17) is 4.74 Å². The highest BCUT2D eigenvalue weighted by Crippen LogP contribution is 2.21. The smallest absolute Gasteiger partial charge is 0.326 e. The number of aliphatic carboxylic acids is 1. The lowest BCUT2D eigenvalue weighted by molar-refractivity contribution is -0.142. The van der Waals surface area contributed by atoms with E-state index in [9.17, 15) is 29.4 Å². The Morgan fingerprint density at radius 3 is 2.20 bits per heavy atom. The number of carboxylic acids is 1. The molecule has 2 aliphatic heterocycles. The summed E-state index contributed by atoms with van der Waals surface area (Å²) in [5.74, 6) is -3.11. The third-order valence-corrected chi connectivity index (χ3v) is 6.73. The Balaban J connectivity index is 2.04. The number of amides is 3. The van der Waals surface area contributed by atoms with Gasteiger partial charge in [0.15, 0.2) is 0 Å². The Hall–Kier alpha value is -3.92. The largest absolute Gasteiger partial charge is 0.487 e. The van der Waals surface area contributed by atoms with Gasteiger partial charge in [0.2, 0.25) is 17.7 Å². The van der Waals surface area contributed by atoms with Crippen molar-refractivity contribution in [1.29, 1.82) is 0 Å². The number of hydrogen-bond donors (Lipinski definition) is 5. The molecule has 2 aromatic carbocycles. The van der Waals surface area contributed by atoms with Crippen molar-refractivity contribution in [2.24, 2.45) is 11.8 Å². The Bertz CT molecular complexity index is 1170. The van der Waals surface area contributed by atoms with Gasteiger partial charge in [-0.15, -0.1) is 0 Å². The molecule has 0 fully saturated rings. The van der Waals surface area contributed by atoms with E-state index in [0.717, 1.165) is 5.56 Å². The molecule has 3 amide bonds. The van der Waals surface area contributed by atoms with Crippen LogP contribution < -0.4 is 20.7 Å². The number of ether oxygens (including phenoxy) is 1. The summed E-state index contributed by atoms with van der Waals surface area (Å²) >= 11 is 0. The van der Waals surface area contributed by atoms with E-state index in [1.165, 1.54) is 0 Å². The van der Waals surface area contributed by atoms with Gasteiger partial charge in [-0.05, 0) is 41.5 Å². The molecule has 0 radical (unpaired) electrons. The minimum Gasteiger partial charge on any atom is -0.487 e. The summed E-state index contributed by atoms with van der Waals surface area (Å²) in [6.45, 7) is 7.41. The summed E-state index contributed by atoms with van der Waals surface area (Å²) in [5, 5.41) is 28.2. The average Bonchev–Trinajstić information content (AvgIpc) is 2.90. The zero-order valence-corrected chi connectivity index (χ0v) is 23.3. The van der Waals surface area contributed by atoms with Crippen LogP contribution >= 0.6 is 0 Å². The van der Waals surface area contributed by atoms with Gasteiger partial charge >= 0.3 is 5.97 Å². The molecule has 0 spiro atoms. The number of aliphatic hydroxyl groups excluding tert-OH is 1. The average molecular weight is 554 g/mol. The molecule has 5 unspecified atom stereocenters. The SMILES string of the molecule is CC(C)CC(O)C(=O)NC1C(=O)NC(Cc2ccccc2)C(=O)NC(C(=O)O)Cc2ccc(cc2)OC1C(C)C. The van der Waals surface area contributed by atoms with Crippen molar-refractivity contribution in [3.8, 4) is 5.75 Å². The van der Waals surface area contributed by atoms with E-state index in [-0.39, 0.29) is 31.1 Å². The predicted molar refractivity (Wildman–Crippen MR) is 148 cm³/mol. The van der Waals surface area contributed by atoms with Gasteiger partial charge in [-0.25, -0.2) is 4.79 Å². The summed E-state index contributed by atoms with van der Waals surface area (Å²) in [6, 6.07) is 12.1. The first-order chi connectivity index (χ1) is 18.9. The first-order valence-corrected chi connectivity index (χ1v) is 13.6. The van der Waals surface area contributed by atoms with Crippen LogP contribution in [0.2, 0.25) is 0 Å². The van der Waals surface area contributed by atoms with Crippen molar-refractivity contribution in [2.75, 3.05) is 0 Å². The van der Waals surface area contributed by atoms with E-state index >= 15 is 0 Å². The quantitative estimate of drug-likeness (QED) is 0.334. The van der Waals surface area contributed by atoms with Crippen molar-refractivity contribution in [1.82, 2.24) is 16.0 Å². The molecule has 0 aromatic heterocycles. The van der Waals surface area contributed by atoms with Crippen molar-refractivity contribution < 1.29 is 34.1 Å². The number of carboxylic acid groups (broad SMARTS) is 1. The fourth-order valence-corrected chi connectivity index (χ4v) is 4.58. The second-order valence-electron chi connectivity index (χ2n) is 11.0. The molecule has 2 heterocycles. The van der Waals surface area contributed by atoms with Crippen molar-refractivity contribution in [3.05, 3.63) is 65.7 Å². The lowest BCUT2D eigenvalue weighted by atomic mass is 9.96. The van der Waals surface area contributed by atoms with Crippen LogP contribution in [0.3, 0.4) is 0 Å². The summed E-state index contributed by atoms with van der Waals surface area (Å²) in [5.41, 5.74) is 1.42. The fourth-order valence-electron chi connectivity index (χ4n) is 4.58. The summed E-state index contributed by atoms with van der Waals surface area (Å²) in [4.78, 5) is 52.2. The van der Waals surface area contributed by atoms with Gasteiger partial charge in [-0.3, -0.25) is 14.4 Å². The Kier molecular flexibility index (Phi) is 10.7. The van der Waals surface area contributed by atoms with Crippen molar-refractivity contribution in [3.63, 3.8) is 0 Å². The number of benzene rings is 2. The van der Waals surface area contributed by atoms with Gasteiger partial charge in [0.05, 0.1) is 0 Å². The minimum atomic E-state index is -1.34. The summed E-state index contributed by atoms with van der Waals surface area (Å²) in [6.07, 6.45) is -1.87. The highest BCUT2D eigenvalue weighted by molar-refractivity contribution is 5.94. The molecular formula is C30H39N3O7. The lowest BCUT2D eigenvalue weighted by Gasteiger charge is -2.33. The zero-order valence-electron chi connectivity index (χ0n) is 23.3. The van der Waals surface area contributed by atoms with E-state index in [1.54, 1.807) is 48.5 Å². The number of carbonyl (C=O) groups excluding carboxylic acids is 3. The predicted octanol–water partition coefficient (Wildman–Crippen LogP) is 1.83. The molecule has 5 atom stereocenters. The van der Waals surface area contributed by atoms with Gasteiger partial charge in [-0.2, -0.15) is 0 Å². The number of nitrogens with one attached hydrogen (secondary N) is 3. The Morgan fingerprint density at radius 2 is 1.62 bits per heavy atom. The van der Waals surface area contributed by atoms with Crippen LogP contribution in [0.15, 0.2) is 54.6 Å². The van der Waals surface area contributed by atoms with Crippen LogP contribution in [0.4, 0.5) is 0 Å². The molecule has 2 aliphatic rings. The molecule has 0 aliphatic carbocycles. The number of hydrogen-bond acceptors (Lipinski definition) is 6. The Labute approximate surface area is 234 Å². The maximum Gasteiger partial charge on any atom is 0.326 e. The van der Waals surface area contributed by atoms with Crippen LogP contribution in [0, 0.1) is 11.8 Å². The monoisotopic (exact) mass is 553 g/mol. The topological polar surface area (TPSA) is 154 Å². The molecule has 0 saturated heterocycles. The highest BCUT2D eigenvalue weighted by Gasteiger charge is 2.38. The van der Waals surface area contributed by atoms with Crippen LogP contribution in [-0.4, -0.2) is 64.2 Å². The van der Waals surface area contributed by atoms with Gasteiger partial charge in [0, 0.05) is 12.8 Å². The number of aliphatic hydroxyl groups is 1. The minimum absolute atomic E-state index is 0.0351.